The van der Waals surface area contributed by atoms with E-state index in [0.717, 1.165) is 0 Å². The summed E-state index contributed by atoms with van der Waals surface area (Å²) in [4.78, 5) is 0. The molecule has 0 unspecified atom stereocenters. The van der Waals surface area contributed by atoms with Crippen molar-refractivity contribution in [1.29, 1.82) is 0 Å². The van der Waals surface area contributed by atoms with Crippen LogP contribution in [-0.2, 0) is 18.6 Å². The van der Waals surface area contributed by atoms with Crippen LogP contribution in [0.5, 0.6) is 0 Å². The molecule has 1 radical (unpaired) electrons. The number of hydrogen-bond donors (Lipinski definition) is 0. The average Bonchev–Trinajstić information content (AvgIpc) is 0.722. The van der Waals surface area contributed by atoms with E-state index in [2.05, 4.69) is 27.7 Å². The summed E-state index contributed by atoms with van der Waals surface area (Å²) in [5, 5.41) is 0. The Morgan fingerprint density at radius 3 is 0.833 bits per heavy atom. The largest absolute Gasteiger partial charge is 0.0604 e. The summed E-state index contributed by atoms with van der Waals surface area (Å²) in [5.74, 6) is 0. The molecule has 1 heteroatoms. The van der Waals surface area contributed by atoms with Crippen molar-refractivity contribution < 1.29 is 18.6 Å². The summed E-state index contributed by atoms with van der Waals surface area (Å²) in [6, 6.07) is 0. The topological polar surface area (TPSA) is 0 Å². The molecule has 0 fully saturated rings. The third kappa shape index (κ3) is 172. The Morgan fingerprint density at radius 2 is 0.833 bits per heavy atom. The molecular formula is C5H12V. The van der Waals surface area contributed by atoms with Gasteiger partial charge >= 0.3 is 0 Å². The maximum Gasteiger partial charge on any atom is 0 e. The quantitative estimate of drug-likeness (QED) is 0.462. The van der Waals surface area contributed by atoms with Gasteiger partial charge in [-0.25, -0.2) is 0 Å². The minimum atomic E-state index is 0. The van der Waals surface area contributed by atoms with E-state index < -0.39 is 0 Å². The van der Waals surface area contributed by atoms with Gasteiger partial charge in [-0.1, -0.05) is 27.7 Å². The smallest absolute Gasteiger partial charge is 0 e. The minimum absolute atomic E-state index is 0. The Labute approximate surface area is 52.2 Å². The van der Waals surface area contributed by atoms with Crippen molar-refractivity contribution in [2.45, 2.75) is 27.7 Å². The summed E-state index contributed by atoms with van der Waals surface area (Å²) < 4.78 is 0. The van der Waals surface area contributed by atoms with Crippen LogP contribution in [0.3, 0.4) is 0 Å². The van der Waals surface area contributed by atoms with Crippen molar-refractivity contribution in [1.82, 2.24) is 0 Å². The molecule has 0 N–H and O–H groups in total. The van der Waals surface area contributed by atoms with Crippen molar-refractivity contribution in [3.63, 3.8) is 0 Å². The second kappa shape index (κ2) is 2.71. The fourth-order valence-electron chi connectivity index (χ4n) is 0. The Kier molecular flexibility index (Phi) is 4.41. The van der Waals surface area contributed by atoms with E-state index in [-0.39, 0.29) is 18.6 Å². The Hall–Kier alpha value is 0.584. The van der Waals surface area contributed by atoms with Crippen LogP contribution in [0.1, 0.15) is 27.7 Å². The SMILES string of the molecule is CC(C)(C)C.[V]. The number of rotatable bonds is 0. The fourth-order valence-corrected chi connectivity index (χ4v) is 0. The molecule has 0 amide bonds. The van der Waals surface area contributed by atoms with Crippen LogP contribution in [-0.4, -0.2) is 0 Å². The number of hydrogen-bond acceptors (Lipinski definition) is 0. The molecule has 0 rings (SSSR count). The summed E-state index contributed by atoms with van der Waals surface area (Å²) in [6.45, 7) is 8.75. The third-order valence-corrected chi connectivity index (χ3v) is 0. The van der Waals surface area contributed by atoms with Gasteiger partial charge in [0.25, 0.3) is 0 Å². The monoisotopic (exact) mass is 123 g/mol. The van der Waals surface area contributed by atoms with Gasteiger partial charge in [0.05, 0.1) is 0 Å². The van der Waals surface area contributed by atoms with E-state index in [9.17, 15) is 0 Å². The van der Waals surface area contributed by atoms with Crippen LogP contribution in [0.15, 0.2) is 0 Å². The van der Waals surface area contributed by atoms with Crippen LogP contribution in [0.2, 0.25) is 0 Å². The molecule has 6 heavy (non-hydrogen) atoms. The first-order chi connectivity index (χ1) is 2.00. The van der Waals surface area contributed by atoms with Crippen LogP contribution in [0.25, 0.3) is 0 Å². The standard InChI is InChI=1S/C5H12.V/c1-5(2,3)4;/h1-4H3;. The zero-order chi connectivity index (χ0) is 4.50. The first-order valence-electron chi connectivity index (χ1n) is 2.00. The van der Waals surface area contributed by atoms with Crippen LogP contribution >= 0.6 is 0 Å². The minimum Gasteiger partial charge on any atom is -0.0604 e. The predicted molar refractivity (Wildman–Crippen MR) is 25.1 cm³/mol. The van der Waals surface area contributed by atoms with Gasteiger partial charge in [-0.3, -0.25) is 0 Å². The first kappa shape index (κ1) is 9.77. The maximum absolute atomic E-state index is 2.19. The van der Waals surface area contributed by atoms with E-state index in [4.69, 9.17) is 0 Å². The van der Waals surface area contributed by atoms with Crippen molar-refractivity contribution in [3.05, 3.63) is 0 Å². The maximum atomic E-state index is 2.19. The first-order valence-corrected chi connectivity index (χ1v) is 2.00. The van der Waals surface area contributed by atoms with Crippen molar-refractivity contribution >= 4 is 0 Å². The van der Waals surface area contributed by atoms with E-state index in [1.165, 1.54) is 0 Å². The molecule has 0 atom stereocenters. The van der Waals surface area contributed by atoms with Crippen LogP contribution in [0, 0.1) is 5.41 Å². The second-order valence-corrected chi connectivity index (χ2v) is 3.00. The van der Waals surface area contributed by atoms with Gasteiger partial charge in [0.2, 0.25) is 0 Å². The van der Waals surface area contributed by atoms with E-state index in [0.29, 0.717) is 5.41 Å². The molecule has 0 aromatic rings. The molecule has 0 saturated carbocycles. The van der Waals surface area contributed by atoms with E-state index >= 15 is 0 Å². The van der Waals surface area contributed by atoms with Crippen molar-refractivity contribution in [2.75, 3.05) is 0 Å². The van der Waals surface area contributed by atoms with Crippen LogP contribution in [0.4, 0.5) is 0 Å². The molecule has 0 aromatic heterocycles. The summed E-state index contributed by atoms with van der Waals surface area (Å²) in [7, 11) is 0. The molecular weight excluding hydrogens is 111 g/mol. The summed E-state index contributed by atoms with van der Waals surface area (Å²) in [6.07, 6.45) is 0. The van der Waals surface area contributed by atoms with Gasteiger partial charge in [-0.05, 0) is 5.41 Å². The summed E-state index contributed by atoms with van der Waals surface area (Å²) in [5.41, 5.74) is 0.500. The molecule has 0 saturated heterocycles. The van der Waals surface area contributed by atoms with Gasteiger partial charge in [-0.15, -0.1) is 0 Å². The van der Waals surface area contributed by atoms with Crippen molar-refractivity contribution in [3.8, 4) is 0 Å². The molecule has 0 nitrogen and oxygen atoms in total. The molecule has 0 spiro atoms. The predicted octanol–water partition coefficient (Wildman–Crippen LogP) is 2.05. The van der Waals surface area contributed by atoms with Gasteiger partial charge in [0.1, 0.15) is 0 Å². The zero-order valence-electron chi connectivity index (χ0n) is 4.95. The molecule has 37 valence electrons. The van der Waals surface area contributed by atoms with Gasteiger partial charge in [0, 0.05) is 18.6 Å². The Bertz CT molecular complexity index is 19.4. The molecule has 0 heterocycles. The Balaban J connectivity index is 0. The van der Waals surface area contributed by atoms with Gasteiger partial charge < -0.3 is 0 Å². The van der Waals surface area contributed by atoms with E-state index in [1.807, 2.05) is 0 Å². The van der Waals surface area contributed by atoms with Crippen molar-refractivity contribution in [2.24, 2.45) is 5.41 Å². The fraction of sp³-hybridized carbons (Fsp3) is 1.00. The molecule has 0 aliphatic heterocycles. The van der Waals surface area contributed by atoms with E-state index in [1.54, 1.807) is 0 Å². The van der Waals surface area contributed by atoms with Crippen LogP contribution < -0.4 is 0 Å². The third-order valence-electron chi connectivity index (χ3n) is 0. The molecule has 0 aliphatic rings. The van der Waals surface area contributed by atoms with Gasteiger partial charge in [-0.2, -0.15) is 0 Å². The normalized spacial score (nSPS) is 10.0. The average molecular weight is 123 g/mol. The molecule has 0 bridgehead atoms. The second-order valence-electron chi connectivity index (χ2n) is 3.00. The summed E-state index contributed by atoms with van der Waals surface area (Å²) >= 11 is 0. The Morgan fingerprint density at radius 1 is 0.833 bits per heavy atom. The molecule has 0 aromatic carbocycles. The van der Waals surface area contributed by atoms with Gasteiger partial charge in [0.15, 0.2) is 0 Å². The molecule has 0 aliphatic carbocycles. The zero-order valence-corrected chi connectivity index (χ0v) is 6.34.